The lowest BCUT2D eigenvalue weighted by atomic mass is 10.1. The molecule has 1 aliphatic carbocycles. The Morgan fingerprint density at radius 2 is 1.94 bits per heavy atom. The molecular formula is C11H12N4O3. The predicted octanol–water partition coefficient (Wildman–Crippen LogP) is 0.736. The van der Waals surface area contributed by atoms with Crippen molar-refractivity contribution < 1.29 is 14.3 Å². The SMILES string of the molecule is COc1cc(OC)nc(NC(=O)C2(C#N)CC2)n1. The molecule has 0 atom stereocenters. The summed E-state index contributed by atoms with van der Waals surface area (Å²) in [6, 6.07) is 3.49. The summed E-state index contributed by atoms with van der Waals surface area (Å²) in [7, 11) is 2.90. The summed E-state index contributed by atoms with van der Waals surface area (Å²) in [5, 5.41) is 11.4. The summed E-state index contributed by atoms with van der Waals surface area (Å²) in [6.45, 7) is 0. The monoisotopic (exact) mass is 248 g/mol. The van der Waals surface area contributed by atoms with E-state index in [0.29, 0.717) is 12.8 Å². The van der Waals surface area contributed by atoms with Gasteiger partial charge >= 0.3 is 0 Å². The number of nitriles is 1. The third-order valence-corrected chi connectivity index (χ3v) is 2.72. The van der Waals surface area contributed by atoms with Gasteiger partial charge in [-0.1, -0.05) is 0 Å². The van der Waals surface area contributed by atoms with Gasteiger partial charge < -0.3 is 9.47 Å². The first-order chi connectivity index (χ1) is 8.63. The Morgan fingerprint density at radius 3 is 2.33 bits per heavy atom. The number of ether oxygens (including phenoxy) is 2. The first-order valence-corrected chi connectivity index (χ1v) is 5.33. The number of hydrogen-bond donors (Lipinski definition) is 1. The van der Waals surface area contributed by atoms with Crippen LogP contribution in [0.5, 0.6) is 11.8 Å². The van der Waals surface area contributed by atoms with Crippen molar-refractivity contribution in [2.75, 3.05) is 19.5 Å². The maximum Gasteiger partial charge on any atom is 0.247 e. The van der Waals surface area contributed by atoms with Gasteiger partial charge in [-0.15, -0.1) is 0 Å². The van der Waals surface area contributed by atoms with Crippen LogP contribution in [-0.4, -0.2) is 30.1 Å². The van der Waals surface area contributed by atoms with Gasteiger partial charge in [-0.2, -0.15) is 15.2 Å². The summed E-state index contributed by atoms with van der Waals surface area (Å²) in [5.41, 5.74) is -0.917. The molecular weight excluding hydrogens is 236 g/mol. The lowest BCUT2D eigenvalue weighted by Gasteiger charge is -2.09. The van der Waals surface area contributed by atoms with Crippen LogP contribution in [-0.2, 0) is 4.79 Å². The maximum absolute atomic E-state index is 11.8. The van der Waals surface area contributed by atoms with E-state index in [1.165, 1.54) is 20.3 Å². The molecule has 0 spiro atoms. The largest absolute Gasteiger partial charge is 0.481 e. The molecule has 7 nitrogen and oxygen atoms in total. The lowest BCUT2D eigenvalue weighted by molar-refractivity contribution is -0.119. The molecule has 0 radical (unpaired) electrons. The highest BCUT2D eigenvalue weighted by molar-refractivity contribution is 5.98. The minimum Gasteiger partial charge on any atom is -0.481 e. The quantitative estimate of drug-likeness (QED) is 0.843. The fourth-order valence-electron chi connectivity index (χ4n) is 1.40. The maximum atomic E-state index is 11.8. The molecule has 1 aromatic rings. The van der Waals surface area contributed by atoms with Gasteiger partial charge in [-0.3, -0.25) is 10.1 Å². The van der Waals surface area contributed by atoms with E-state index in [0.717, 1.165) is 0 Å². The van der Waals surface area contributed by atoms with E-state index in [1.54, 1.807) is 0 Å². The summed E-state index contributed by atoms with van der Waals surface area (Å²) < 4.78 is 9.92. The van der Waals surface area contributed by atoms with Gasteiger partial charge in [0.15, 0.2) is 0 Å². The van der Waals surface area contributed by atoms with E-state index < -0.39 is 5.41 Å². The molecule has 1 fully saturated rings. The zero-order valence-electron chi connectivity index (χ0n) is 10.1. The Morgan fingerprint density at radius 1 is 1.39 bits per heavy atom. The number of nitrogens with zero attached hydrogens (tertiary/aromatic N) is 3. The number of aromatic nitrogens is 2. The van der Waals surface area contributed by atoms with Crippen molar-refractivity contribution in [3.63, 3.8) is 0 Å². The lowest BCUT2D eigenvalue weighted by Crippen LogP contribution is -2.24. The van der Waals surface area contributed by atoms with Crippen LogP contribution in [0.25, 0.3) is 0 Å². The zero-order valence-corrected chi connectivity index (χ0v) is 10.1. The molecule has 0 aliphatic heterocycles. The van der Waals surface area contributed by atoms with E-state index >= 15 is 0 Å². The number of amides is 1. The standard InChI is InChI=1S/C11H12N4O3/c1-17-7-5-8(18-2)14-10(13-7)15-9(16)11(6-12)3-4-11/h5H,3-4H2,1-2H3,(H,13,14,15,16). The van der Waals surface area contributed by atoms with Crippen LogP contribution in [0.3, 0.4) is 0 Å². The number of methoxy groups -OCH3 is 2. The molecule has 0 saturated heterocycles. The molecule has 0 aromatic carbocycles. The summed E-state index contributed by atoms with van der Waals surface area (Å²) >= 11 is 0. The Hall–Kier alpha value is -2.36. The van der Waals surface area contributed by atoms with Crippen LogP contribution in [0.1, 0.15) is 12.8 Å². The van der Waals surface area contributed by atoms with Gasteiger partial charge in [-0.05, 0) is 12.8 Å². The molecule has 1 amide bonds. The van der Waals surface area contributed by atoms with Crippen molar-refractivity contribution in [3.05, 3.63) is 6.07 Å². The van der Waals surface area contributed by atoms with E-state index in [1.807, 2.05) is 6.07 Å². The Balaban J connectivity index is 2.19. The van der Waals surface area contributed by atoms with E-state index in [2.05, 4.69) is 15.3 Å². The summed E-state index contributed by atoms with van der Waals surface area (Å²) in [6.07, 6.45) is 1.13. The van der Waals surface area contributed by atoms with Gasteiger partial charge in [-0.25, -0.2) is 0 Å². The number of carbonyl (C=O) groups is 1. The minimum atomic E-state index is -0.917. The van der Waals surface area contributed by atoms with E-state index in [4.69, 9.17) is 14.7 Å². The van der Waals surface area contributed by atoms with Crippen molar-refractivity contribution in [3.8, 4) is 17.8 Å². The third kappa shape index (κ3) is 2.18. The Kier molecular flexibility index (Phi) is 3.02. The van der Waals surface area contributed by atoms with Gasteiger partial charge in [0.2, 0.25) is 23.6 Å². The zero-order chi connectivity index (χ0) is 13.2. The molecule has 1 N–H and O–H groups in total. The normalized spacial score (nSPS) is 15.4. The Bertz CT molecular complexity index is 497. The van der Waals surface area contributed by atoms with Crippen molar-refractivity contribution in [1.82, 2.24) is 9.97 Å². The number of hydrogen-bond acceptors (Lipinski definition) is 6. The third-order valence-electron chi connectivity index (χ3n) is 2.72. The number of rotatable bonds is 4. The van der Waals surface area contributed by atoms with E-state index in [-0.39, 0.29) is 23.6 Å². The highest BCUT2D eigenvalue weighted by atomic mass is 16.5. The predicted molar refractivity (Wildman–Crippen MR) is 61.0 cm³/mol. The molecule has 1 aromatic heterocycles. The smallest absolute Gasteiger partial charge is 0.247 e. The van der Waals surface area contributed by atoms with Gasteiger partial charge in [0.1, 0.15) is 5.41 Å². The summed E-state index contributed by atoms with van der Waals surface area (Å²) in [5.74, 6) is 0.232. The second-order valence-corrected chi connectivity index (χ2v) is 3.92. The highest BCUT2D eigenvalue weighted by Crippen LogP contribution is 2.45. The second-order valence-electron chi connectivity index (χ2n) is 3.92. The molecule has 18 heavy (non-hydrogen) atoms. The van der Waals surface area contributed by atoms with Crippen molar-refractivity contribution >= 4 is 11.9 Å². The Labute approximate surface area is 104 Å². The number of nitrogens with one attached hydrogen (secondary N) is 1. The van der Waals surface area contributed by atoms with Crippen molar-refractivity contribution in [2.45, 2.75) is 12.8 Å². The first kappa shape index (κ1) is 12.1. The molecule has 0 unspecified atom stereocenters. The van der Waals surface area contributed by atoms with Crippen molar-refractivity contribution in [2.24, 2.45) is 5.41 Å². The topological polar surface area (TPSA) is 97.1 Å². The van der Waals surface area contributed by atoms with Crippen LogP contribution in [0.2, 0.25) is 0 Å². The number of anilines is 1. The van der Waals surface area contributed by atoms with Crippen LogP contribution in [0.4, 0.5) is 5.95 Å². The average Bonchev–Trinajstić information content (AvgIpc) is 3.19. The van der Waals surface area contributed by atoms with Crippen LogP contribution >= 0.6 is 0 Å². The molecule has 1 saturated carbocycles. The molecule has 1 heterocycles. The van der Waals surface area contributed by atoms with Crippen LogP contribution in [0, 0.1) is 16.7 Å². The fraction of sp³-hybridized carbons (Fsp3) is 0.455. The van der Waals surface area contributed by atoms with E-state index in [9.17, 15) is 4.79 Å². The highest BCUT2D eigenvalue weighted by Gasteiger charge is 2.51. The van der Waals surface area contributed by atoms with Crippen LogP contribution < -0.4 is 14.8 Å². The molecule has 0 bridgehead atoms. The average molecular weight is 248 g/mol. The molecule has 94 valence electrons. The molecule has 1 aliphatic rings. The molecule has 7 heteroatoms. The van der Waals surface area contributed by atoms with Crippen LogP contribution in [0.15, 0.2) is 6.07 Å². The summed E-state index contributed by atoms with van der Waals surface area (Å²) in [4.78, 5) is 19.8. The van der Waals surface area contributed by atoms with Gasteiger partial charge in [0, 0.05) is 0 Å². The first-order valence-electron chi connectivity index (χ1n) is 5.33. The minimum absolute atomic E-state index is 0.0673. The fourth-order valence-corrected chi connectivity index (χ4v) is 1.40. The van der Waals surface area contributed by atoms with Gasteiger partial charge in [0.05, 0.1) is 26.4 Å². The number of carbonyl (C=O) groups excluding carboxylic acids is 1. The van der Waals surface area contributed by atoms with Crippen molar-refractivity contribution in [1.29, 1.82) is 5.26 Å². The molecule has 2 rings (SSSR count). The second kappa shape index (κ2) is 4.49. The van der Waals surface area contributed by atoms with Gasteiger partial charge in [0.25, 0.3) is 0 Å².